The van der Waals surface area contributed by atoms with Gasteiger partial charge in [0.15, 0.2) is 11.5 Å². The summed E-state index contributed by atoms with van der Waals surface area (Å²) >= 11 is 2.35. The first-order valence-electron chi connectivity index (χ1n) is 9.83. The highest BCUT2D eigenvalue weighted by atomic mass is 127. The van der Waals surface area contributed by atoms with Crippen molar-refractivity contribution in [2.45, 2.75) is 54.5 Å². The van der Waals surface area contributed by atoms with E-state index >= 15 is 0 Å². The summed E-state index contributed by atoms with van der Waals surface area (Å²) in [5, 5.41) is 20.3. The maximum Gasteiger partial charge on any atom is 0.198 e. The van der Waals surface area contributed by atoms with E-state index in [1.165, 1.54) is 0 Å². The van der Waals surface area contributed by atoms with E-state index in [1.807, 2.05) is 25.1 Å². The van der Waals surface area contributed by atoms with Crippen molar-refractivity contribution < 1.29 is 9.52 Å². The highest BCUT2D eigenvalue weighted by Gasteiger charge is 2.38. The summed E-state index contributed by atoms with van der Waals surface area (Å²) in [4.78, 5) is 4.76. The number of nitrogens with zero attached hydrogens (tertiary/aromatic N) is 2. The molecule has 3 atom stereocenters. The average Bonchev–Trinajstić information content (AvgIpc) is 3.38. The molecule has 3 aromatic rings. The van der Waals surface area contributed by atoms with Gasteiger partial charge in [-0.1, -0.05) is 52.9 Å². The monoisotopic (exact) mass is 484 g/mol. The number of fused-ring (bicyclic) bond motifs is 1. The summed E-state index contributed by atoms with van der Waals surface area (Å²) in [5.41, 5.74) is 6.30. The van der Waals surface area contributed by atoms with E-state index in [2.05, 4.69) is 40.8 Å². The van der Waals surface area contributed by atoms with Gasteiger partial charge < -0.3 is 9.52 Å². The number of hydrogen-bond donors (Lipinski definition) is 1. The lowest BCUT2D eigenvalue weighted by atomic mass is 9.84. The zero-order chi connectivity index (χ0) is 19.4. The molecule has 3 unspecified atom stereocenters. The van der Waals surface area contributed by atoms with Crippen molar-refractivity contribution in [1.82, 2.24) is 4.98 Å². The normalized spacial score (nSPS) is 24.6. The molecule has 4 nitrogen and oxygen atoms in total. The third kappa shape index (κ3) is 2.85. The topological polar surface area (TPSA) is 70.1 Å². The molecule has 0 spiro atoms. The van der Waals surface area contributed by atoms with E-state index in [1.54, 1.807) is 0 Å². The molecule has 2 aromatic carbocycles. The van der Waals surface area contributed by atoms with Gasteiger partial charge in [-0.25, -0.2) is 4.98 Å². The standard InChI is InChI=1S/C23H21IN2O2/c1-12-16(11-25)21-22(28-23(26-21)14-7-8-14)20(15-9-17(24)18(27)10-15)19(12)13-5-3-2-4-6-13/h2-6,14-15,17-18,27H,7-10H2,1H3. The number of oxazole rings is 1. The van der Waals surface area contributed by atoms with Crippen LogP contribution in [0.1, 0.15) is 60.1 Å². The SMILES string of the molecule is Cc1c(-c2ccccc2)c(C2CC(O)C(I)C2)c2oc(C3CC3)nc2c1C#N. The van der Waals surface area contributed by atoms with Crippen molar-refractivity contribution in [1.29, 1.82) is 5.26 Å². The molecule has 28 heavy (non-hydrogen) atoms. The Balaban J connectivity index is 1.84. The van der Waals surface area contributed by atoms with Crippen LogP contribution < -0.4 is 0 Å². The van der Waals surface area contributed by atoms with E-state index in [0.29, 0.717) is 23.4 Å². The quantitative estimate of drug-likeness (QED) is 0.389. The molecule has 5 heteroatoms. The van der Waals surface area contributed by atoms with E-state index in [9.17, 15) is 10.4 Å². The molecule has 1 N–H and O–H groups in total. The predicted molar refractivity (Wildman–Crippen MR) is 117 cm³/mol. The molecular weight excluding hydrogens is 463 g/mol. The highest BCUT2D eigenvalue weighted by Crippen LogP contribution is 2.49. The third-order valence-corrected chi connectivity index (χ3v) is 7.45. The maximum atomic E-state index is 10.4. The van der Waals surface area contributed by atoms with Crippen LogP contribution >= 0.6 is 22.6 Å². The third-order valence-electron chi connectivity index (χ3n) is 6.11. The Morgan fingerprint density at radius 1 is 1.18 bits per heavy atom. The lowest BCUT2D eigenvalue weighted by molar-refractivity contribution is 0.190. The fraction of sp³-hybridized carbons (Fsp3) is 0.391. The van der Waals surface area contributed by atoms with Crippen LogP contribution in [0.4, 0.5) is 0 Å². The second-order valence-corrected chi connectivity index (χ2v) is 9.62. The summed E-state index contributed by atoms with van der Waals surface area (Å²) < 4.78 is 6.54. The largest absolute Gasteiger partial charge is 0.440 e. The van der Waals surface area contributed by atoms with Crippen molar-refractivity contribution in [3.05, 3.63) is 52.9 Å². The lowest BCUT2D eigenvalue weighted by Gasteiger charge is -2.19. The minimum absolute atomic E-state index is 0.195. The van der Waals surface area contributed by atoms with Gasteiger partial charge >= 0.3 is 0 Å². The van der Waals surface area contributed by atoms with Gasteiger partial charge in [0.2, 0.25) is 0 Å². The molecule has 2 saturated carbocycles. The first-order chi connectivity index (χ1) is 13.6. The van der Waals surface area contributed by atoms with Crippen LogP contribution in [-0.2, 0) is 0 Å². The zero-order valence-corrected chi connectivity index (χ0v) is 17.8. The number of aliphatic hydroxyl groups is 1. The number of hydrogen-bond acceptors (Lipinski definition) is 4. The molecule has 0 saturated heterocycles. The molecule has 0 radical (unpaired) electrons. The van der Waals surface area contributed by atoms with Crippen molar-refractivity contribution in [2.24, 2.45) is 0 Å². The zero-order valence-electron chi connectivity index (χ0n) is 15.7. The molecule has 2 aliphatic rings. The molecule has 0 aliphatic heterocycles. The number of nitriles is 1. The minimum Gasteiger partial charge on any atom is -0.440 e. The van der Waals surface area contributed by atoms with Crippen molar-refractivity contribution in [3.8, 4) is 17.2 Å². The highest BCUT2D eigenvalue weighted by molar-refractivity contribution is 14.1. The molecule has 2 fully saturated rings. The molecule has 142 valence electrons. The van der Waals surface area contributed by atoms with Crippen LogP contribution in [0.3, 0.4) is 0 Å². The molecule has 0 bridgehead atoms. The number of alkyl halides is 1. The first-order valence-corrected chi connectivity index (χ1v) is 11.1. The van der Waals surface area contributed by atoms with E-state index in [4.69, 9.17) is 9.40 Å². The summed E-state index contributed by atoms with van der Waals surface area (Å²) in [6, 6.07) is 12.6. The Bertz CT molecular complexity index is 1090. The summed E-state index contributed by atoms with van der Waals surface area (Å²) in [6.45, 7) is 2.02. The van der Waals surface area contributed by atoms with Crippen molar-refractivity contribution in [3.63, 3.8) is 0 Å². The number of aromatic nitrogens is 1. The van der Waals surface area contributed by atoms with E-state index < -0.39 is 0 Å². The van der Waals surface area contributed by atoms with E-state index in [-0.39, 0.29) is 15.9 Å². The number of benzene rings is 2. The molecule has 0 amide bonds. The maximum absolute atomic E-state index is 10.4. The predicted octanol–water partition coefficient (Wildman–Crippen LogP) is 5.59. The van der Waals surface area contributed by atoms with Gasteiger partial charge in [0.1, 0.15) is 11.6 Å². The van der Waals surface area contributed by atoms with Gasteiger partial charge in [-0.3, -0.25) is 0 Å². The Hall–Kier alpha value is -1.91. The van der Waals surface area contributed by atoms with Crippen LogP contribution in [0.5, 0.6) is 0 Å². The molecule has 5 rings (SSSR count). The van der Waals surface area contributed by atoms with Crippen LogP contribution in [0.15, 0.2) is 34.7 Å². The van der Waals surface area contributed by atoms with Gasteiger partial charge in [0.25, 0.3) is 0 Å². The van der Waals surface area contributed by atoms with Gasteiger partial charge in [0, 0.05) is 15.4 Å². The molecule has 2 aliphatic carbocycles. The second-order valence-electron chi connectivity index (χ2n) is 8.02. The van der Waals surface area contributed by atoms with Gasteiger partial charge in [-0.05, 0) is 55.2 Å². The Morgan fingerprint density at radius 3 is 2.54 bits per heavy atom. The molecule has 1 heterocycles. The Labute approximate surface area is 177 Å². The van der Waals surface area contributed by atoms with Gasteiger partial charge in [-0.2, -0.15) is 5.26 Å². The van der Waals surface area contributed by atoms with Crippen molar-refractivity contribution >= 4 is 33.7 Å². The Morgan fingerprint density at radius 2 is 1.93 bits per heavy atom. The fourth-order valence-electron chi connectivity index (χ4n) is 4.51. The number of halogens is 1. The van der Waals surface area contributed by atoms with Crippen LogP contribution in [0.25, 0.3) is 22.2 Å². The summed E-state index contributed by atoms with van der Waals surface area (Å²) in [5.74, 6) is 1.35. The average molecular weight is 484 g/mol. The van der Waals surface area contributed by atoms with Crippen LogP contribution in [0.2, 0.25) is 0 Å². The fourth-order valence-corrected chi connectivity index (χ4v) is 5.42. The number of aliphatic hydroxyl groups excluding tert-OH is 1. The molecular formula is C23H21IN2O2. The summed E-state index contributed by atoms with van der Waals surface area (Å²) in [6.07, 6.45) is 3.51. The van der Waals surface area contributed by atoms with E-state index in [0.717, 1.165) is 53.0 Å². The van der Waals surface area contributed by atoms with Crippen LogP contribution in [-0.4, -0.2) is 20.1 Å². The lowest BCUT2D eigenvalue weighted by Crippen LogP contribution is -2.10. The minimum atomic E-state index is -0.314. The first kappa shape index (κ1) is 18.1. The number of rotatable bonds is 3. The Kier molecular flexibility index (Phi) is 4.44. The molecule has 1 aromatic heterocycles. The summed E-state index contributed by atoms with van der Waals surface area (Å²) in [7, 11) is 0. The smallest absolute Gasteiger partial charge is 0.198 e. The van der Waals surface area contributed by atoms with Gasteiger partial charge in [-0.15, -0.1) is 0 Å². The van der Waals surface area contributed by atoms with Crippen LogP contribution in [0, 0.1) is 18.3 Å². The van der Waals surface area contributed by atoms with Crippen molar-refractivity contribution in [2.75, 3.05) is 0 Å². The second kappa shape index (κ2) is 6.85. The van der Waals surface area contributed by atoms with Gasteiger partial charge in [0.05, 0.1) is 11.7 Å².